The average Bonchev–Trinajstić information content (AvgIpc) is 3.02. The standard InChI is InChI=1S/C22H27F3N4O2/c1-21(2)15-28(18-3-5-19(6-4-18)31-22(23,24)25)16-29(21)14-17-7-8-26-13-20(17)27-9-11-30-12-10-27/h3-8,13H,9-12,14-16H2,1-2H3. The molecule has 2 saturated heterocycles. The summed E-state index contributed by atoms with van der Waals surface area (Å²) >= 11 is 0. The molecule has 0 atom stereocenters. The van der Waals surface area contributed by atoms with E-state index in [1.165, 1.54) is 17.7 Å². The van der Waals surface area contributed by atoms with Crippen LogP contribution in [0.2, 0.25) is 0 Å². The maximum atomic E-state index is 12.4. The Balaban J connectivity index is 1.47. The Morgan fingerprint density at radius 1 is 1.06 bits per heavy atom. The third kappa shape index (κ3) is 5.22. The number of benzene rings is 1. The van der Waals surface area contributed by atoms with Crippen LogP contribution in [0.15, 0.2) is 42.7 Å². The number of aromatic nitrogens is 1. The van der Waals surface area contributed by atoms with Gasteiger partial charge in [-0.3, -0.25) is 9.88 Å². The van der Waals surface area contributed by atoms with Crippen LogP contribution in [-0.4, -0.2) is 61.3 Å². The lowest BCUT2D eigenvalue weighted by Crippen LogP contribution is -2.41. The highest BCUT2D eigenvalue weighted by Gasteiger charge is 2.38. The molecule has 4 rings (SSSR count). The summed E-state index contributed by atoms with van der Waals surface area (Å²) in [5.74, 6) is -0.210. The van der Waals surface area contributed by atoms with E-state index in [2.05, 4.69) is 44.3 Å². The number of rotatable bonds is 5. The van der Waals surface area contributed by atoms with E-state index in [9.17, 15) is 13.2 Å². The van der Waals surface area contributed by atoms with Gasteiger partial charge in [0.05, 0.1) is 31.8 Å². The maximum Gasteiger partial charge on any atom is 0.573 e. The van der Waals surface area contributed by atoms with E-state index < -0.39 is 6.36 Å². The zero-order valence-corrected chi connectivity index (χ0v) is 17.7. The third-order valence-corrected chi connectivity index (χ3v) is 5.81. The fraction of sp³-hybridized carbons (Fsp3) is 0.500. The minimum atomic E-state index is -4.68. The van der Waals surface area contributed by atoms with Gasteiger partial charge in [-0.2, -0.15) is 0 Å². The summed E-state index contributed by atoms with van der Waals surface area (Å²) in [7, 11) is 0. The molecule has 3 heterocycles. The molecule has 1 aromatic carbocycles. The number of halogens is 3. The van der Waals surface area contributed by atoms with Crippen molar-refractivity contribution in [2.24, 2.45) is 0 Å². The van der Waals surface area contributed by atoms with Gasteiger partial charge in [0.15, 0.2) is 0 Å². The molecule has 31 heavy (non-hydrogen) atoms. The molecule has 0 bridgehead atoms. The van der Waals surface area contributed by atoms with Crippen LogP contribution in [0, 0.1) is 0 Å². The summed E-state index contributed by atoms with van der Waals surface area (Å²) in [6.07, 6.45) is -0.947. The number of alkyl halides is 3. The minimum absolute atomic E-state index is 0.104. The zero-order valence-electron chi connectivity index (χ0n) is 17.7. The summed E-state index contributed by atoms with van der Waals surface area (Å²) in [5, 5.41) is 0. The molecule has 0 unspecified atom stereocenters. The molecule has 0 radical (unpaired) electrons. The van der Waals surface area contributed by atoms with E-state index in [0.29, 0.717) is 19.9 Å². The Kier molecular flexibility index (Phi) is 5.98. The molecular weight excluding hydrogens is 409 g/mol. The largest absolute Gasteiger partial charge is 0.573 e. The summed E-state index contributed by atoms with van der Waals surface area (Å²) in [6.45, 7) is 9.70. The number of ether oxygens (including phenoxy) is 2. The molecule has 0 aliphatic carbocycles. The first-order valence-corrected chi connectivity index (χ1v) is 10.3. The number of anilines is 2. The van der Waals surface area contributed by atoms with Crippen molar-refractivity contribution in [1.82, 2.24) is 9.88 Å². The normalized spacial score (nSPS) is 19.6. The van der Waals surface area contributed by atoms with Gasteiger partial charge in [0.25, 0.3) is 0 Å². The van der Waals surface area contributed by atoms with Crippen LogP contribution < -0.4 is 14.5 Å². The first-order valence-electron chi connectivity index (χ1n) is 10.3. The van der Waals surface area contributed by atoms with E-state index in [1.54, 1.807) is 12.1 Å². The highest BCUT2D eigenvalue weighted by molar-refractivity contribution is 5.53. The minimum Gasteiger partial charge on any atom is -0.406 e. The molecule has 9 heteroatoms. The SMILES string of the molecule is CC1(C)CN(c2ccc(OC(F)(F)F)cc2)CN1Cc1ccncc1N1CCOCC1. The summed E-state index contributed by atoms with van der Waals surface area (Å²) < 4.78 is 46.7. The lowest BCUT2D eigenvalue weighted by atomic mass is 10.0. The Labute approximate surface area is 180 Å². The second kappa shape index (κ2) is 8.55. The van der Waals surface area contributed by atoms with E-state index in [1.807, 2.05) is 12.4 Å². The second-order valence-electron chi connectivity index (χ2n) is 8.50. The molecule has 1 aromatic heterocycles. The van der Waals surface area contributed by atoms with Crippen molar-refractivity contribution in [1.29, 1.82) is 0 Å². The average molecular weight is 436 g/mol. The summed E-state index contributed by atoms with van der Waals surface area (Å²) in [4.78, 5) is 11.2. The molecule has 6 nitrogen and oxygen atoms in total. The van der Waals surface area contributed by atoms with Crippen LogP contribution in [0.25, 0.3) is 0 Å². The van der Waals surface area contributed by atoms with Gasteiger partial charge in [-0.15, -0.1) is 13.2 Å². The zero-order chi connectivity index (χ0) is 22.1. The van der Waals surface area contributed by atoms with Crippen molar-refractivity contribution in [3.05, 3.63) is 48.3 Å². The Morgan fingerprint density at radius 2 is 1.77 bits per heavy atom. The highest BCUT2D eigenvalue weighted by Crippen LogP contribution is 2.33. The Hall–Kier alpha value is -2.52. The molecule has 0 N–H and O–H groups in total. The topological polar surface area (TPSA) is 41.1 Å². The van der Waals surface area contributed by atoms with Gasteiger partial charge < -0.3 is 19.3 Å². The molecular formula is C22H27F3N4O2. The van der Waals surface area contributed by atoms with Crippen LogP contribution in [0.4, 0.5) is 24.5 Å². The number of hydrogen-bond acceptors (Lipinski definition) is 6. The van der Waals surface area contributed by atoms with Gasteiger partial charge in [0.1, 0.15) is 5.75 Å². The predicted molar refractivity (Wildman–Crippen MR) is 112 cm³/mol. The van der Waals surface area contributed by atoms with E-state index >= 15 is 0 Å². The lowest BCUT2D eigenvalue weighted by Gasteiger charge is -2.33. The van der Waals surface area contributed by atoms with Crippen LogP contribution in [-0.2, 0) is 11.3 Å². The summed E-state index contributed by atoms with van der Waals surface area (Å²) in [5.41, 5.74) is 3.11. The smallest absolute Gasteiger partial charge is 0.406 e. The van der Waals surface area contributed by atoms with E-state index in [-0.39, 0.29) is 11.3 Å². The van der Waals surface area contributed by atoms with Gasteiger partial charge in [0, 0.05) is 43.6 Å². The number of nitrogens with zero attached hydrogens (tertiary/aromatic N) is 4. The highest BCUT2D eigenvalue weighted by atomic mass is 19.4. The molecule has 0 saturated carbocycles. The van der Waals surface area contributed by atoms with Crippen molar-refractivity contribution in [3.8, 4) is 5.75 Å². The fourth-order valence-electron chi connectivity index (χ4n) is 4.15. The van der Waals surface area contributed by atoms with Crippen LogP contribution in [0.3, 0.4) is 0 Å². The molecule has 168 valence electrons. The number of morpholine rings is 1. The monoisotopic (exact) mass is 436 g/mol. The Morgan fingerprint density at radius 3 is 2.45 bits per heavy atom. The molecule has 0 spiro atoms. The van der Waals surface area contributed by atoms with Crippen LogP contribution in [0.1, 0.15) is 19.4 Å². The van der Waals surface area contributed by atoms with Gasteiger partial charge >= 0.3 is 6.36 Å². The Bertz CT molecular complexity index is 883. The lowest BCUT2D eigenvalue weighted by molar-refractivity contribution is -0.274. The molecule has 2 fully saturated rings. The van der Waals surface area contributed by atoms with Crippen molar-refractivity contribution < 1.29 is 22.6 Å². The summed E-state index contributed by atoms with van der Waals surface area (Å²) in [6, 6.07) is 8.13. The van der Waals surface area contributed by atoms with Crippen molar-refractivity contribution in [2.45, 2.75) is 32.3 Å². The molecule has 2 aliphatic rings. The first-order chi connectivity index (χ1) is 14.7. The van der Waals surface area contributed by atoms with Gasteiger partial charge in [-0.05, 0) is 49.7 Å². The maximum absolute atomic E-state index is 12.4. The third-order valence-electron chi connectivity index (χ3n) is 5.81. The van der Waals surface area contributed by atoms with E-state index in [4.69, 9.17) is 4.74 Å². The first kappa shape index (κ1) is 21.7. The van der Waals surface area contributed by atoms with Gasteiger partial charge in [0.2, 0.25) is 0 Å². The molecule has 2 aromatic rings. The number of pyridine rings is 1. The van der Waals surface area contributed by atoms with Crippen LogP contribution >= 0.6 is 0 Å². The predicted octanol–water partition coefficient (Wildman–Crippen LogP) is 3.88. The van der Waals surface area contributed by atoms with Crippen molar-refractivity contribution in [2.75, 3.05) is 49.3 Å². The van der Waals surface area contributed by atoms with Crippen molar-refractivity contribution in [3.63, 3.8) is 0 Å². The molecule has 2 aliphatic heterocycles. The quantitative estimate of drug-likeness (QED) is 0.709. The van der Waals surface area contributed by atoms with Gasteiger partial charge in [-0.1, -0.05) is 0 Å². The number of hydrogen-bond donors (Lipinski definition) is 0. The fourth-order valence-corrected chi connectivity index (χ4v) is 4.15. The van der Waals surface area contributed by atoms with Crippen molar-refractivity contribution >= 4 is 11.4 Å². The second-order valence-corrected chi connectivity index (χ2v) is 8.50. The molecule has 0 amide bonds. The van der Waals surface area contributed by atoms with Gasteiger partial charge in [-0.25, -0.2) is 0 Å². The van der Waals surface area contributed by atoms with Crippen LogP contribution in [0.5, 0.6) is 5.75 Å². The van der Waals surface area contributed by atoms with E-state index in [0.717, 1.165) is 37.6 Å².